The number of hydrogen-bond donors (Lipinski definition) is 1. The highest BCUT2D eigenvalue weighted by Gasteiger charge is 2.71. The summed E-state index contributed by atoms with van der Waals surface area (Å²) >= 11 is 0. The quantitative estimate of drug-likeness (QED) is 0.264. The number of carbonyl (C=O) groups excluding carboxylic acids is 4. The molecule has 2 aromatic carbocycles. The Morgan fingerprint density at radius 3 is 2.49 bits per heavy atom. The molecule has 1 N–H and O–H groups in total. The highest BCUT2D eigenvalue weighted by Crippen LogP contribution is 2.53. The third-order valence-corrected chi connectivity index (χ3v) is 10.6. The normalized spacial score (nSPS) is 31.0. The summed E-state index contributed by atoms with van der Waals surface area (Å²) in [7, 11) is 1.71. The summed E-state index contributed by atoms with van der Waals surface area (Å²) in [5, 5.41) is 9.41. The van der Waals surface area contributed by atoms with Crippen LogP contribution >= 0.6 is 0 Å². The van der Waals surface area contributed by atoms with Crippen LogP contribution in [0.3, 0.4) is 0 Å². The van der Waals surface area contributed by atoms with Crippen LogP contribution < -0.4 is 4.90 Å². The van der Waals surface area contributed by atoms with E-state index in [4.69, 9.17) is 9.47 Å². The maximum atomic E-state index is 14.8. The number of aryl methyl sites for hydroxylation is 2. The van der Waals surface area contributed by atoms with Crippen molar-refractivity contribution in [1.29, 1.82) is 0 Å². The van der Waals surface area contributed by atoms with E-state index in [2.05, 4.69) is 0 Å². The molecule has 4 aliphatic rings. The van der Waals surface area contributed by atoms with Crippen molar-refractivity contribution in [2.75, 3.05) is 31.6 Å². The Morgan fingerprint density at radius 1 is 0.959 bits per heavy atom. The predicted octanol–water partition coefficient (Wildman–Crippen LogP) is 4.43. The van der Waals surface area contributed by atoms with Crippen molar-refractivity contribution in [3.8, 4) is 0 Å². The number of aliphatic hydroxyl groups excluding tert-OH is 1. The van der Waals surface area contributed by atoms with E-state index in [-0.39, 0.29) is 43.8 Å². The molecule has 7 atom stereocenters. The van der Waals surface area contributed by atoms with Crippen LogP contribution in [-0.4, -0.2) is 89.1 Å². The number of ether oxygens (including phenoxy) is 2. The van der Waals surface area contributed by atoms with E-state index >= 15 is 0 Å². The molecule has 0 aliphatic carbocycles. The molecule has 260 valence electrons. The number of amides is 3. The molecule has 3 amide bonds. The molecule has 0 unspecified atom stereocenters. The lowest BCUT2D eigenvalue weighted by Gasteiger charge is -2.36. The van der Waals surface area contributed by atoms with Crippen molar-refractivity contribution in [3.63, 3.8) is 0 Å². The molecule has 2 aromatic rings. The van der Waals surface area contributed by atoms with Gasteiger partial charge < -0.3 is 29.3 Å². The average molecular weight is 670 g/mol. The number of carbonyl (C=O) groups is 4. The van der Waals surface area contributed by atoms with Crippen molar-refractivity contribution in [2.24, 2.45) is 11.8 Å². The summed E-state index contributed by atoms with van der Waals surface area (Å²) in [5.41, 5.74) is 2.01. The number of unbranched alkanes of at least 4 members (excludes halogenated alkanes) is 2. The minimum Gasteiger partial charge on any atom is -0.455 e. The number of fused-ring (bicyclic) bond motifs is 2. The molecule has 4 aliphatic heterocycles. The first-order chi connectivity index (χ1) is 23.6. The Morgan fingerprint density at radius 2 is 1.73 bits per heavy atom. The molecule has 10 heteroatoms. The number of likely N-dealkylation sites (tertiary alicyclic amines) is 1. The topological polar surface area (TPSA) is 117 Å². The van der Waals surface area contributed by atoms with E-state index in [1.165, 1.54) is 0 Å². The summed E-state index contributed by atoms with van der Waals surface area (Å²) in [5.74, 6) is -3.32. The molecule has 0 bridgehead atoms. The summed E-state index contributed by atoms with van der Waals surface area (Å²) in [6.45, 7) is 6.39. The van der Waals surface area contributed by atoms with E-state index in [1.54, 1.807) is 27.8 Å². The van der Waals surface area contributed by atoms with Crippen LogP contribution in [0.5, 0.6) is 0 Å². The van der Waals surface area contributed by atoms with Crippen molar-refractivity contribution in [2.45, 2.75) is 82.8 Å². The first-order valence-electron chi connectivity index (χ1n) is 17.4. The molecular weight excluding hydrogens is 622 g/mol. The molecule has 2 fully saturated rings. The standard InChI is InChI=1S/C39H47N3O7/c1-25-18-19-26(2)29(24-25)41-22-13-20-39-33(36(45)42(35(39)37(41)46)21-11-6-12-23-43)32-30(49-39)16-9-10-17-31(44)40(4)27(3)34(48-38(32)47)28-14-7-5-8-15-28/h5,7-9,13-16,18-20,24,27,30,32-35,43H,6,10-12,17,21-23H2,1-4H3/b16-9-/t27-,30-,32+,33+,34+,35-,39+/m0/s1. The Bertz CT molecular complexity index is 1640. The highest BCUT2D eigenvalue weighted by atomic mass is 16.6. The number of cyclic esters (lactones) is 1. The number of nitrogens with zero attached hydrogens (tertiary/aromatic N) is 3. The van der Waals surface area contributed by atoms with E-state index in [1.807, 2.05) is 87.5 Å². The zero-order valence-corrected chi connectivity index (χ0v) is 28.8. The fourth-order valence-corrected chi connectivity index (χ4v) is 7.93. The molecular formula is C39H47N3O7. The van der Waals surface area contributed by atoms with Gasteiger partial charge >= 0.3 is 5.97 Å². The number of likely N-dealkylation sites (N-methyl/N-ethyl adjacent to an activating group) is 1. The molecule has 1 spiro atoms. The Kier molecular flexibility index (Phi) is 10.1. The van der Waals surface area contributed by atoms with Crippen LogP contribution in [0.2, 0.25) is 0 Å². The van der Waals surface area contributed by atoms with Gasteiger partial charge in [0.1, 0.15) is 23.7 Å². The number of anilines is 1. The van der Waals surface area contributed by atoms with Crippen molar-refractivity contribution < 1.29 is 33.8 Å². The predicted molar refractivity (Wildman–Crippen MR) is 184 cm³/mol. The van der Waals surface area contributed by atoms with Crippen LogP contribution in [-0.2, 0) is 28.7 Å². The van der Waals surface area contributed by atoms with Crippen LogP contribution in [0.25, 0.3) is 0 Å². The summed E-state index contributed by atoms with van der Waals surface area (Å²) < 4.78 is 13.2. The number of aliphatic hydroxyl groups is 1. The van der Waals surface area contributed by atoms with Gasteiger partial charge in [-0.1, -0.05) is 66.8 Å². The monoisotopic (exact) mass is 669 g/mol. The number of benzene rings is 2. The van der Waals surface area contributed by atoms with Gasteiger partial charge in [0.25, 0.3) is 5.91 Å². The third kappa shape index (κ3) is 6.32. The highest BCUT2D eigenvalue weighted by molar-refractivity contribution is 6.06. The number of hydrogen-bond acceptors (Lipinski definition) is 7. The first-order valence-corrected chi connectivity index (χ1v) is 17.4. The molecule has 10 nitrogen and oxygen atoms in total. The molecule has 6 rings (SSSR count). The largest absolute Gasteiger partial charge is 0.455 e. The maximum absolute atomic E-state index is 14.8. The van der Waals surface area contributed by atoms with Crippen LogP contribution in [0.15, 0.2) is 72.8 Å². The second-order valence-electron chi connectivity index (χ2n) is 13.8. The van der Waals surface area contributed by atoms with Crippen LogP contribution in [0, 0.1) is 25.7 Å². The molecule has 0 radical (unpaired) electrons. The maximum Gasteiger partial charge on any atom is 0.313 e. The van der Waals surface area contributed by atoms with Gasteiger partial charge in [0.15, 0.2) is 0 Å². The van der Waals surface area contributed by atoms with Gasteiger partial charge in [0, 0.05) is 38.9 Å². The second-order valence-corrected chi connectivity index (χ2v) is 13.8. The van der Waals surface area contributed by atoms with Crippen molar-refractivity contribution in [1.82, 2.24) is 9.80 Å². The molecule has 0 saturated carbocycles. The van der Waals surface area contributed by atoms with Crippen LogP contribution in [0.1, 0.15) is 61.8 Å². The zero-order valence-electron chi connectivity index (χ0n) is 28.8. The minimum atomic E-state index is -1.42. The van der Waals surface area contributed by atoms with Gasteiger partial charge in [-0.15, -0.1) is 0 Å². The van der Waals surface area contributed by atoms with Gasteiger partial charge in [-0.25, -0.2) is 0 Å². The minimum absolute atomic E-state index is 0.0405. The fraction of sp³-hybridized carbons (Fsp3) is 0.487. The van der Waals surface area contributed by atoms with Crippen LogP contribution in [0.4, 0.5) is 5.69 Å². The number of rotatable bonds is 7. The lowest BCUT2D eigenvalue weighted by Crippen LogP contribution is -2.55. The molecule has 4 heterocycles. The summed E-state index contributed by atoms with van der Waals surface area (Å²) in [4.78, 5) is 62.2. The Labute approximate surface area is 288 Å². The van der Waals surface area contributed by atoms with Crippen molar-refractivity contribution >= 4 is 29.4 Å². The van der Waals surface area contributed by atoms with E-state index in [0.29, 0.717) is 25.7 Å². The van der Waals surface area contributed by atoms with Gasteiger partial charge in [-0.3, -0.25) is 19.2 Å². The van der Waals surface area contributed by atoms with E-state index in [9.17, 15) is 24.3 Å². The summed E-state index contributed by atoms with van der Waals surface area (Å²) in [6, 6.07) is 13.8. The average Bonchev–Trinajstić information content (AvgIpc) is 3.48. The molecule has 2 saturated heterocycles. The van der Waals surface area contributed by atoms with E-state index in [0.717, 1.165) is 22.4 Å². The van der Waals surface area contributed by atoms with Gasteiger partial charge in [-0.2, -0.15) is 0 Å². The van der Waals surface area contributed by atoms with Gasteiger partial charge in [-0.05, 0) is 69.2 Å². The van der Waals surface area contributed by atoms with Gasteiger partial charge in [0.05, 0.1) is 18.1 Å². The summed E-state index contributed by atoms with van der Waals surface area (Å²) in [6.07, 6.45) is 8.16. The smallest absolute Gasteiger partial charge is 0.313 e. The fourth-order valence-electron chi connectivity index (χ4n) is 7.93. The molecule has 0 aromatic heterocycles. The zero-order chi connectivity index (χ0) is 34.9. The third-order valence-electron chi connectivity index (χ3n) is 10.6. The molecule has 49 heavy (non-hydrogen) atoms. The van der Waals surface area contributed by atoms with E-state index < -0.39 is 47.7 Å². The second kappa shape index (κ2) is 14.3. The van der Waals surface area contributed by atoms with Gasteiger partial charge in [0.2, 0.25) is 11.8 Å². The number of allylic oxidation sites excluding steroid dienone is 1. The SMILES string of the molecule is Cc1ccc(C)c(N2CC=C[C@@]34O[C@H]5/C=C\CCC(=O)N(C)[C@@H](C)[C@H](c6ccccc6)OC(=O)[C@H]5[C@@H]3C(=O)N(CCCCCO)[C@H]4C2=O)c1. The lowest BCUT2D eigenvalue weighted by molar-refractivity contribution is -0.164. The lowest BCUT2D eigenvalue weighted by atomic mass is 9.77. The Hall–Kier alpha value is -4.28. The first kappa shape index (κ1) is 34.6. The number of esters is 1. The van der Waals surface area contributed by atoms with Crippen molar-refractivity contribution in [3.05, 3.63) is 89.5 Å². The Balaban J connectivity index is 1.44.